The van der Waals surface area contributed by atoms with Crippen molar-refractivity contribution in [1.82, 2.24) is 10.2 Å². The van der Waals surface area contributed by atoms with Crippen molar-refractivity contribution in [2.24, 2.45) is 0 Å². The van der Waals surface area contributed by atoms with Crippen LogP contribution >= 0.6 is 0 Å². The fourth-order valence-electron chi connectivity index (χ4n) is 2.01. The third-order valence-electron chi connectivity index (χ3n) is 3.21. The van der Waals surface area contributed by atoms with Gasteiger partial charge in [0.2, 0.25) is 0 Å². The van der Waals surface area contributed by atoms with Crippen LogP contribution in [-0.2, 0) is 9.53 Å². The highest BCUT2D eigenvalue weighted by atomic mass is 16.5. The van der Waals surface area contributed by atoms with Gasteiger partial charge in [-0.2, -0.15) is 0 Å². The predicted molar refractivity (Wildman–Crippen MR) is 57.0 cm³/mol. The van der Waals surface area contributed by atoms with E-state index in [1.165, 1.54) is 0 Å². The van der Waals surface area contributed by atoms with Gasteiger partial charge in [-0.25, -0.2) is 0 Å². The minimum Gasteiger partial charge on any atom is -0.481 e. The quantitative estimate of drug-likeness (QED) is 0.642. The predicted octanol–water partition coefficient (Wildman–Crippen LogP) is -0.230. The van der Waals surface area contributed by atoms with Crippen LogP contribution < -0.4 is 5.32 Å². The molecular formula is C10H20N2O3. The molecule has 1 saturated heterocycles. The molecule has 0 aromatic heterocycles. The van der Waals surface area contributed by atoms with E-state index in [2.05, 4.69) is 10.2 Å². The molecule has 2 N–H and O–H groups in total. The summed E-state index contributed by atoms with van der Waals surface area (Å²) >= 11 is 0. The van der Waals surface area contributed by atoms with Crippen LogP contribution in [-0.4, -0.2) is 61.4 Å². The van der Waals surface area contributed by atoms with E-state index in [4.69, 9.17) is 9.84 Å². The van der Waals surface area contributed by atoms with Crippen LogP contribution in [0.2, 0.25) is 0 Å². The summed E-state index contributed by atoms with van der Waals surface area (Å²) in [5.41, 5.74) is -0.232. The number of rotatable bonds is 6. The average Bonchev–Trinajstić information content (AvgIpc) is 2.10. The fraction of sp³-hybridized carbons (Fsp3) is 0.900. The van der Waals surface area contributed by atoms with Crippen LogP contribution in [0.1, 0.15) is 13.3 Å². The smallest absolute Gasteiger partial charge is 0.305 e. The number of carbonyl (C=O) groups is 1. The molecule has 0 saturated carbocycles. The second-order valence-corrected chi connectivity index (χ2v) is 4.31. The Labute approximate surface area is 90.4 Å². The molecule has 5 nitrogen and oxygen atoms in total. The van der Waals surface area contributed by atoms with Crippen molar-refractivity contribution in [1.29, 1.82) is 0 Å². The minimum absolute atomic E-state index is 0.185. The van der Waals surface area contributed by atoms with Crippen molar-refractivity contribution in [2.75, 3.05) is 33.9 Å². The van der Waals surface area contributed by atoms with Gasteiger partial charge in [0, 0.05) is 26.2 Å². The van der Waals surface area contributed by atoms with E-state index in [0.29, 0.717) is 6.61 Å². The number of hydrogen-bond acceptors (Lipinski definition) is 4. The Bertz CT molecular complexity index is 229. The molecule has 5 heteroatoms. The monoisotopic (exact) mass is 216 g/mol. The van der Waals surface area contributed by atoms with Crippen molar-refractivity contribution in [3.05, 3.63) is 0 Å². The lowest BCUT2D eigenvalue weighted by molar-refractivity contribution is -0.142. The summed E-state index contributed by atoms with van der Waals surface area (Å²) in [6.07, 6.45) is 0.185. The second-order valence-electron chi connectivity index (χ2n) is 4.31. The van der Waals surface area contributed by atoms with Crippen LogP contribution in [0.5, 0.6) is 0 Å². The molecular weight excluding hydrogens is 196 g/mol. The van der Waals surface area contributed by atoms with E-state index >= 15 is 0 Å². The molecule has 0 aromatic rings. The molecule has 0 radical (unpaired) electrons. The number of carboxylic acid groups (broad SMARTS) is 1. The second kappa shape index (κ2) is 4.92. The Morgan fingerprint density at radius 3 is 2.60 bits per heavy atom. The lowest BCUT2D eigenvalue weighted by atomic mass is 9.86. The molecule has 15 heavy (non-hydrogen) atoms. The lowest BCUT2D eigenvalue weighted by Gasteiger charge is -2.50. The number of aliphatic carboxylic acids is 1. The Morgan fingerprint density at radius 2 is 2.27 bits per heavy atom. The molecule has 1 aliphatic rings. The number of likely N-dealkylation sites (N-methyl/N-ethyl adjacent to an activating group) is 1. The van der Waals surface area contributed by atoms with Gasteiger partial charge in [0.1, 0.15) is 0 Å². The molecule has 1 aliphatic heterocycles. The molecule has 1 fully saturated rings. The van der Waals surface area contributed by atoms with Gasteiger partial charge in [-0.15, -0.1) is 0 Å². The van der Waals surface area contributed by atoms with Gasteiger partial charge in [0.15, 0.2) is 0 Å². The largest absolute Gasteiger partial charge is 0.481 e. The third-order valence-corrected chi connectivity index (χ3v) is 3.21. The normalized spacial score (nSPS) is 21.1. The maximum atomic E-state index is 10.8. The summed E-state index contributed by atoms with van der Waals surface area (Å²) < 4.78 is 5.08. The first kappa shape index (κ1) is 12.4. The highest BCUT2D eigenvalue weighted by Gasteiger charge is 2.44. The molecule has 0 spiro atoms. The van der Waals surface area contributed by atoms with Crippen LogP contribution in [0.15, 0.2) is 0 Å². The van der Waals surface area contributed by atoms with Crippen LogP contribution in [0.4, 0.5) is 0 Å². The Morgan fingerprint density at radius 1 is 1.67 bits per heavy atom. The summed E-state index contributed by atoms with van der Waals surface area (Å²) in [7, 11) is 3.63. The van der Waals surface area contributed by atoms with E-state index < -0.39 is 5.97 Å². The van der Waals surface area contributed by atoms with Crippen molar-refractivity contribution in [2.45, 2.75) is 24.9 Å². The number of hydrogen-bond donors (Lipinski definition) is 2. The molecule has 0 amide bonds. The van der Waals surface area contributed by atoms with Crippen molar-refractivity contribution < 1.29 is 14.6 Å². The van der Waals surface area contributed by atoms with E-state index in [1.807, 2.05) is 14.0 Å². The van der Waals surface area contributed by atoms with Gasteiger partial charge in [-0.1, -0.05) is 0 Å². The number of nitrogens with one attached hydrogen (secondary N) is 1. The molecule has 1 rings (SSSR count). The first-order chi connectivity index (χ1) is 7.02. The number of carboxylic acids is 1. The van der Waals surface area contributed by atoms with E-state index in [-0.39, 0.29) is 18.0 Å². The van der Waals surface area contributed by atoms with Gasteiger partial charge in [-0.3, -0.25) is 9.69 Å². The number of nitrogens with zero attached hydrogens (tertiary/aromatic N) is 1. The van der Waals surface area contributed by atoms with Crippen molar-refractivity contribution in [3.63, 3.8) is 0 Å². The molecule has 88 valence electrons. The van der Waals surface area contributed by atoms with Crippen LogP contribution in [0.25, 0.3) is 0 Å². The zero-order chi connectivity index (χ0) is 11.5. The number of ether oxygens (including phenoxy) is 1. The Balaban J connectivity index is 2.60. The maximum Gasteiger partial charge on any atom is 0.305 e. The van der Waals surface area contributed by atoms with Gasteiger partial charge in [0.25, 0.3) is 0 Å². The van der Waals surface area contributed by atoms with E-state index in [1.54, 1.807) is 7.11 Å². The van der Waals surface area contributed by atoms with Gasteiger partial charge in [-0.05, 0) is 14.0 Å². The maximum absolute atomic E-state index is 10.8. The van der Waals surface area contributed by atoms with E-state index in [0.717, 1.165) is 13.1 Å². The first-order valence-electron chi connectivity index (χ1n) is 5.16. The first-order valence-corrected chi connectivity index (χ1v) is 5.16. The summed E-state index contributed by atoms with van der Waals surface area (Å²) in [5.74, 6) is -0.743. The van der Waals surface area contributed by atoms with Crippen molar-refractivity contribution in [3.8, 4) is 0 Å². The van der Waals surface area contributed by atoms with Gasteiger partial charge >= 0.3 is 5.97 Å². The molecule has 1 heterocycles. The van der Waals surface area contributed by atoms with Crippen molar-refractivity contribution >= 4 is 5.97 Å². The SMILES string of the molecule is COCC(C)N(C)C1(CC(=O)O)CNC1. The Kier molecular flexibility index (Phi) is 4.07. The molecule has 0 bridgehead atoms. The Hall–Kier alpha value is -0.650. The average molecular weight is 216 g/mol. The summed E-state index contributed by atoms with van der Waals surface area (Å²) in [6, 6.07) is 0.233. The minimum atomic E-state index is -0.743. The highest BCUT2D eigenvalue weighted by molar-refractivity contribution is 5.68. The van der Waals surface area contributed by atoms with Gasteiger partial charge < -0.3 is 15.2 Å². The lowest BCUT2D eigenvalue weighted by Crippen LogP contribution is -2.70. The summed E-state index contributed by atoms with van der Waals surface area (Å²) in [5, 5.41) is 12.0. The molecule has 1 atom stereocenters. The highest BCUT2D eigenvalue weighted by Crippen LogP contribution is 2.25. The summed E-state index contributed by atoms with van der Waals surface area (Å²) in [6.45, 7) is 4.15. The molecule has 1 unspecified atom stereocenters. The fourth-order valence-corrected chi connectivity index (χ4v) is 2.01. The standard InChI is InChI=1S/C10H20N2O3/c1-8(5-15-3)12(2)10(4-9(13)14)6-11-7-10/h8,11H,4-7H2,1-3H3,(H,13,14). The molecule has 0 aromatic carbocycles. The topological polar surface area (TPSA) is 61.8 Å². The zero-order valence-electron chi connectivity index (χ0n) is 9.62. The van der Waals surface area contributed by atoms with Gasteiger partial charge in [0.05, 0.1) is 18.6 Å². The summed E-state index contributed by atoms with van der Waals surface area (Å²) in [4.78, 5) is 12.9. The van der Waals surface area contributed by atoms with Crippen LogP contribution in [0, 0.1) is 0 Å². The van der Waals surface area contributed by atoms with E-state index in [9.17, 15) is 4.79 Å². The third kappa shape index (κ3) is 2.68. The van der Waals surface area contributed by atoms with Crippen LogP contribution in [0.3, 0.4) is 0 Å². The molecule has 0 aliphatic carbocycles. The zero-order valence-corrected chi connectivity index (χ0v) is 9.62. The number of methoxy groups -OCH3 is 1.